The van der Waals surface area contributed by atoms with Gasteiger partial charge in [-0.25, -0.2) is 15.0 Å². The maximum Gasteiger partial charge on any atom is 0.164 e. The average Bonchev–Trinajstić information content (AvgIpc) is 3.50. The molecule has 4 heteroatoms. The van der Waals surface area contributed by atoms with E-state index in [-0.39, 0.29) is 0 Å². The number of pyridine rings is 1. The number of fused-ring (bicyclic) bond motifs is 3. The summed E-state index contributed by atoms with van der Waals surface area (Å²) in [7, 11) is 0. The molecule has 9 rings (SSSR count). The van der Waals surface area contributed by atoms with E-state index in [4.69, 9.17) is 15.0 Å². The van der Waals surface area contributed by atoms with Crippen molar-refractivity contribution in [3.05, 3.63) is 205 Å². The Hall–Kier alpha value is -6.52. The number of rotatable bonds is 6. The van der Waals surface area contributed by atoms with E-state index in [2.05, 4.69) is 132 Å². The molecule has 2 heterocycles. The average molecular weight is 627 g/mol. The number of hydrogen-bond acceptors (Lipinski definition) is 4. The van der Waals surface area contributed by atoms with Gasteiger partial charge in [0.15, 0.2) is 17.5 Å². The standard InChI is InChI=1S/C45H30N4/c1-3-14-31(15-4-1)42-47-43(33-17-11-16-32(28-33)35-19-13-27-46-30-35)49-44(48-42)34-18-12-22-37(29-34)45(36-20-5-2-6-21-36)40-25-9-7-23-38(40)39-24-8-10-26-41(39)45/h1-30H. The lowest BCUT2D eigenvalue weighted by Crippen LogP contribution is -2.28. The number of hydrogen-bond donors (Lipinski definition) is 0. The molecule has 1 aliphatic carbocycles. The predicted molar refractivity (Wildman–Crippen MR) is 197 cm³/mol. The van der Waals surface area contributed by atoms with Crippen LogP contribution in [-0.2, 0) is 5.41 Å². The lowest BCUT2D eigenvalue weighted by Gasteiger charge is -2.34. The van der Waals surface area contributed by atoms with Gasteiger partial charge in [0.2, 0.25) is 0 Å². The molecule has 2 aromatic heterocycles. The van der Waals surface area contributed by atoms with Gasteiger partial charge < -0.3 is 0 Å². The Kier molecular flexibility index (Phi) is 6.98. The third kappa shape index (κ3) is 4.85. The van der Waals surface area contributed by atoms with Crippen molar-refractivity contribution in [3.8, 4) is 56.4 Å². The molecule has 0 spiro atoms. The van der Waals surface area contributed by atoms with Crippen LogP contribution in [0.15, 0.2) is 182 Å². The van der Waals surface area contributed by atoms with Crippen molar-refractivity contribution in [1.29, 1.82) is 0 Å². The summed E-state index contributed by atoms with van der Waals surface area (Å²) in [6, 6.07) is 59.6. The summed E-state index contributed by atoms with van der Waals surface area (Å²) < 4.78 is 0. The van der Waals surface area contributed by atoms with Crippen LogP contribution in [0.1, 0.15) is 22.3 Å². The summed E-state index contributed by atoms with van der Waals surface area (Å²) in [4.78, 5) is 19.6. The van der Waals surface area contributed by atoms with Crippen molar-refractivity contribution in [2.75, 3.05) is 0 Å². The molecular weight excluding hydrogens is 597 g/mol. The molecule has 8 aromatic rings. The van der Waals surface area contributed by atoms with E-state index in [1.807, 2.05) is 48.7 Å². The van der Waals surface area contributed by atoms with Crippen LogP contribution in [0, 0.1) is 0 Å². The van der Waals surface area contributed by atoms with Crippen LogP contribution >= 0.6 is 0 Å². The highest BCUT2D eigenvalue weighted by Crippen LogP contribution is 2.56. The molecule has 1 aliphatic rings. The Balaban J connectivity index is 1.26. The topological polar surface area (TPSA) is 51.6 Å². The quantitative estimate of drug-likeness (QED) is 0.184. The molecule has 0 bridgehead atoms. The first-order valence-corrected chi connectivity index (χ1v) is 16.5. The smallest absolute Gasteiger partial charge is 0.164 e. The zero-order valence-electron chi connectivity index (χ0n) is 26.6. The van der Waals surface area contributed by atoms with Gasteiger partial charge in [-0.05, 0) is 57.1 Å². The third-order valence-electron chi connectivity index (χ3n) is 9.50. The second-order valence-corrected chi connectivity index (χ2v) is 12.3. The van der Waals surface area contributed by atoms with Crippen molar-refractivity contribution < 1.29 is 0 Å². The molecule has 0 saturated heterocycles. The Bertz CT molecular complexity index is 2390. The minimum Gasteiger partial charge on any atom is -0.264 e. The summed E-state index contributed by atoms with van der Waals surface area (Å²) in [5.41, 5.74) is 11.8. The molecule has 0 unspecified atom stereocenters. The van der Waals surface area contributed by atoms with E-state index in [0.717, 1.165) is 33.4 Å². The molecule has 0 atom stereocenters. The lowest BCUT2D eigenvalue weighted by atomic mass is 9.67. The van der Waals surface area contributed by atoms with Crippen LogP contribution in [0.25, 0.3) is 56.4 Å². The Morgan fingerprint density at radius 2 is 0.837 bits per heavy atom. The first-order valence-electron chi connectivity index (χ1n) is 16.5. The SMILES string of the molecule is c1ccc(-c2nc(-c3cccc(-c4cccnc4)c3)nc(-c3cccc(C4(c5ccccc5)c5ccccc5-c5ccccc54)c3)n2)cc1. The highest BCUT2D eigenvalue weighted by Gasteiger charge is 2.45. The van der Waals surface area contributed by atoms with Crippen molar-refractivity contribution in [2.24, 2.45) is 0 Å². The first kappa shape index (κ1) is 28.7. The van der Waals surface area contributed by atoms with Gasteiger partial charge >= 0.3 is 0 Å². The molecule has 49 heavy (non-hydrogen) atoms. The maximum atomic E-state index is 5.15. The molecule has 0 radical (unpaired) electrons. The number of aromatic nitrogens is 4. The lowest BCUT2D eigenvalue weighted by molar-refractivity contribution is 0.768. The summed E-state index contributed by atoms with van der Waals surface area (Å²) in [6.45, 7) is 0. The van der Waals surface area contributed by atoms with Gasteiger partial charge in [0.1, 0.15) is 0 Å². The van der Waals surface area contributed by atoms with Gasteiger partial charge in [-0.15, -0.1) is 0 Å². The molecule has 4 nitrogen and oxygen atoms in total. The first-order chi connectivity index (χ1) is 24.3. The van der Waals surface area contributed by atoms with E-state index < -0.39 is 5.41 Å². The largest absolute Gasteiger partial charge is 0.264 e. The molecule has 6 aromatic carbocycles. The molecule has 0 saturated carbocycles. The molecule has 0 N–H and O–H groups in total. The molecular formula is C45H30N4. The predicted octanol–water partition coefficient (Wildman–Crippen LogP) is 10.3. The molecule has 0 aliphatic heterocycles. The van der Waals surface area contributed by atoms with E-state index in [1.54, 1.807) is 6.20 Å². The summed E-state index contributed by atoms with van der Waals surface area (Å²) >= 11 is 0. The summed E-state index contributed by atoms with van der Waals surface area (Å²) in [6.07, 6.45) is 3.66. The van der Waals surface area contributed by atoms with Gasteiger partial charge in [-0.2, -0.15) is 0 Å². The maximum absolute atomic E-state index is 5.15. The zero-order chi connectivity index (χ0) is 32.6. The monoisotopic (exact) mass is 626 g/mol. The Labute approximate surface area is 285 Å². The fourth-order valence-electron chi connectivity index (χ4n) is 7.33. The van der Waals surface area contributed by atoms with Gasteiger partial charge in [0, 0.05) is 34.6 Å². The fourth-order valence-corrected chi connectivity index (χ4v) is 7.33. The molecule has 230 valence electrons. The normalized spacial score (nSPS) is 12.7. The second kappa shape index (κ2) is 11.9. The fraction of sp³-hybridized carbons (Fsp3) is 0.0222. The highest BCUT2D eigenvalue weighted by molar-refractivity contribution is 5.86. The van der Waals surface area contributed by atoms with Crippen molar-refractivity contribution in [2.45, 2.75) is 5.41 Å². The van der Waals surface area contributed by atoms with Gasteiger partial charge in [-0.1, -0.05) is 152 Å². The van der Waals surface area contributed by atoms with Gasteiger partial charge in [0.05, 0.1) is 5.41 Å². The molecule has 0 amide bonds. The van der Waals surface area contributed by atoms with Crippen LogP contribution in [0.2, 0.25) is 0 Å². The van der Waals surface area contributed by atoms with E-state index in [0.29, 0.717) is 17.5 Å². The number of nitrogens with zero attached hydrogens (tertiary/aromatic N) is 4. The number of benzene rings is 6. The highest BCUT2D eigenvalue weighted by atomic mass is 15.0. The molecule has 0 fully saturated rings. The third-order valence-corrected chi connectivity index (χ3v) is 9.50. The van der Waals surface area contributed by atoms with Crippen LogP contribution < -0.4 is 0 Å². The van der Waals surface area contributed by atoms with E-state index >= 15 is 0 Å². The van der Waals surface area contributed by atoms with Crippen LogP contribution in [-0.4, -0.2) is 19.9 Å². The van der Waals surface area contributed by atoms with E-state index in [9.17, 15) is 0 Å². The van der Waals surface area contributed by atoms with Crippen molar-refractivity contribution in [1.82, 2.24) is 19.9 Å². The summed E-state index contributed by atoms with van der Waals surface area (Å²) in [5.74, 6) is 1.88. The zero-order valence-corrected chi connectivity index (χ0v) is 26.6. The Morgan fingerprint density at radius 1 is 0.347 bits per heavy atom. The van der Waals surface area contributed by atoms with Crippen LogP contribution in [0.4, 0.5) is 0 Å². The van der Waals surface area contributed by atoms with E-state index in [1.165, 1.54) is 27.8 Å². The van der Waals surface area contributed by atoms with Crippen molar-refractivity contribution in [3.63, 3.8) is 0 Å². The van der Waals surface area contributed by atoms with Gasteiger partial charge in [-0.3, -0.25) is 4.98 Å². The van der Waals surface area contributed by atoms with Crippen molar-refractivity contribution >= 4 is 0 Å². The Morgan fingerprint density at radius 3 is 1.49 bits per heavy atom. The van der Waals surface area contributed by atoms with Crippen LogP contribution in [0.3, 0.4) is 0 Å². The second-order valence-electron chi connectivity index (χ2n) is 12.3. The minimum atomic E-state index is -0.513. The van der Waals surface area contributed by atoms with Gasteiger partial charge in [0.25, 0.3) is 0 Å². The summed E-state index contributed by atoms with van der Waals surface area (Å²) in [5, 5.41) is 0. The van der Waals surface area contributed by atoms with Crippen LogP contribution in [0.5, 0.6) is 0 Å². The minimum absolute atomic E-state index is 0.513.